The highest BCUT2D eigenvalue weighted by Gasteiger charge is 2.10. The van der Waals surface area contributed by atoms with E-state index in [-0.39, 0.29) is 5.91 Å². The van der Waals surface area contributed by atoms with Crippen LogP contribution >= 0.6 is 0 Å². The smallest absolute Gasteiger partial charge is 0.273 e. The van der Waals surface area contributed by atoms with Crippen molar-refractivity contribution in [1.82, 2.24) is 15.4 Å². The molecule has 94 valence electrons. The number of amides is 1. The number of rotatable bonds is 3. The summed E-state index contributed by atoms with van der Waals surface area (Å²) in [6.45, 7) is 0. The number of H-pyrrole nitrogens is 2. The van der Waals surface area contributed by atoms with Crippen LogP contribution in [0.1, 0.15) is 16.1 Å². The second-order valence-electron chi connectivity index (χ2n) is 4.07. The van der Waals surface area contributed by atoms with Gasteiger partial charge in [-0.1, -0.05) is 18.2 Å². The fraction of sp³-hybridized carbons (Fsp3) is 0. The number of hydrogen-bond acceptors (Lipinski definition) is 2. The molecule has 19 heavy (non-hydrogen) atoms. The molecule has 1 amide bonds. The molecule has 3 rings (SSSR count). The summed E-state index contributed by atoms with van der Waals surface area (Å²) >= 11 is 0. The summed E-state index contributed by atoms with van der Waals surface area (Å²) in [5, 5.41) is 4.79. The van der Waals surface area contributed by atoms with E-state index in [1.807, 2.05) is 36.4 Å². The van der Waals surface area contributed by atoms with Gasteiger partial charge in [-0.05, 0) is 18.2 Å². The fourth-order valence-electron chi connectivity index (χ4n) is 1.90. The maximum atomic E-state index is 12.0. The highest BCUT2D eigenvalue weighted by atomic mass is 16.2. The summed E-state index contributed by atoms with van der Waals surface area (Å²) in [7, 11) is 0. The van der Waals surface area contributed by atoms with E-state index in [1.54, 1.807) is 18.6 Å². The summed E-state index contributed by atoms with van der Waals surface area (Å²) in [6, 6.07) is 11.4. The molecule has 0 radical (unpaired) electrons. The Morgan fingerprint density at radius 1 is 1.16 bits per heavy atom. The molecule has 0 fully saturated rings. The van der Waals surface area contributed by atoms with Crippen LogP contribution in [0.4, 0.5) is 0 Å². The first-order valence-corrected chi connectivity index (χ1v) is 5.87. The zero-order chi connectivity index (χ0) is 13.1. The van der Waals surface area contributed by atoms with Gasteiger partial charge in [-0.3, -0.25) is 4.79 Å². The largest absolute Gasteiger partial charge is 0.360 e. The minimum atomic E-state index is -0.236. The summed E-state index contributed by atoms with van der Waals surface area (Å²) < 4.78 is 0. The first kappa shape index (κ1) is 11.3. The topological polar surface area (TPSA) is 73.0 Å². The van der Waals surface area contributed by atoms with Gasteiger partial charge in [0.05, 0.1) is 17.5 Å². The number of nitrogens with one attached hydrogen (secondary N) is 3. The number of aromatic nitrogens is 2. The van der Waals surface area contributed by atoms with Crippen molar-refractivity contribution in [3.05, 3.63) is 60.0 Å². The first-order chi connectivity index (χ1) is 9.34. The Balaban J connectivity index is 1.77. The lowest BCUT2D eigenvalue weighted by Gasteiger charge is -1.97. The summed E-state index contributed by atoms with van der Waals surface area (Å²) in [5.74, 6) is -0.236. The number of fused-ring (bicyclic) bond motifs is 1. The molecule has 1 aromatic carbocycles. The van der Waals surface area contributed by atoms with Crippen LogP contribution in [0.2, 0.25) is 0 Å². The third kappa shape index (κ3) is 2.26. The van der Waals surface area contributed by atoms with Crippen molar-refractivity contribution in [3.8, 4) is 0 Å². The van der Waals surface area contributed by atoms with Crippen molar-refractivity contribution in [2.24, 2.45) is 5.10 Å². The monoisotopic (exact) mass is 252 g/mol. The van der Waals surface area contributed by atoms with Gasteiger partial charge < -0.3 is 9.97 Å². The lowest BCUT2D eigenvalue weighted by atomic mass is 10.2. The SMILES string of the molecule is O=C(N/N=C\c1ccc[nH]1)c1c[nH]c2ccccc12. The van der Waals surface area contributed by atoms with Crippen molar-refractivity contribution < 1.29 is 4.79 Å². The number of hydrazone groups is 1. The molecular formula is C14H12N4O. The van der Waals surface area contributed by atoms with Crippen LogP contribution in [0.15, 0.2) is 53.9 Å². The summed E-state index contributed by atoms with van der Waals surface area (Å²) in [5.41, 5.74) is 4.85. The van der Waals surface area contributed by atoms with Gasteiger partial charge in [0.15, 0.2) is 0 Å². The van der Waals surface area contributed by atoms with Crippen molar-refractivity contribution in [2.45, 2.75) is 0 Å². The van der Waals surface area contributed by atoms with Crippen LogP contribution in [0.25, 0.3) is 10.9 Å². The highest BCUT2D eigenvalue weighted by Crippen LogP contribution is 2.17. The Morgan fingerprint density at radius 2 is 2.05 bits per heavy atom. The van der Waals surface area contributed by atoms with Gasteiger partial charge in [-0.15, -0.1) is 0 Å². The molecule has 2 heterocycles. The molecule has 0 aliphatic heterocycles. The number of benzene rings is 1. The highest BCUT2D eigenvalue weighted by molar-refractivity contribution is 6.06. The van der Waals surface area contributed by atoms with Crippen LogP contribution in [0, 0.1) is 0 Å². The van der Waals surface area contributed by atoms with Gasteiger partial charge in [0, 0.05) is 23.3 Å². The van der Waals surface area contributed by atoms with Crippen LogP contribution < -0.4 is 5.43 Å². The molecule has 5 heteroatoms. The number of carbonyl (C=O) groups excluding carboxylic acids is 1. The molecule has 0 spiro atoms. The molecule has 5 nitrogen and oxygen atoms in total. The molecule has 3 aromatic rings. The summed E-state index contributed by atoms with van der Waals surface area (Å²) in [6.07, 6.45) is 5.04. The second-order valence-corrected chi connectivity index (χ2v) is 4.07. The third-order valence-electron chi connectivity index (χ3n) is 2.83. The quantitative estimate of drug-likeness (QED) is 0.485. The molecule has 0 saturated carbocycles. The molecule has 0 saturated heterocycles. The lowest BCUT2D eigenvalue weighted by Crippen LogP contribution is -2.17. The van der Waals surface area contributed by atoms with Crippen LogP contribution in [0.3, 0.4) is 0 Å². The van der Waals surface area contributed by atoms with Crippen LogP contribution in [0.5, 0.6) is 0 Å². The fourth-order valence-corrected chi connectivity index (χ4v) is 1.90. The van der Waals surface area contributed by atoms with Gasteiger partial charge in [0.25, 0.3) is 5.91 Å². The minimum absolute atomic E-state index is 0.236. The van der Waals surface area contributed by atoms with E-state index in [1.165, 1.54) is 0 Å². The Kier molecular flexibility index (Phi) is 2.86. The second kappa shape index (κ2) is 4.81. The molecule has 0 aliphatic carbocycles. The first-order valence-electron chi connectivity index (χ1n) is 5.87. The van der Waals surface area contributed by atoms with E-state index in [2.05, 4.69) is 20.5 Å². The number of hydrogen-bond donors (Lipinski definition) is 3. The summed E-state index contributed by atoms with van der Waals surface area (Å²) in [4.78, 5) is 18.0. The van der Waals surface area contributed by atoms with E-state index < -0.39 is 0 Å². The molecule has 0 aliphatic rings. The molecular weight excluding hydrogens is 240 g/mol. The predicted molar refractivity (Wildman–Crippen MR) is 74.2 cm³/mol. The van der Waals surface area contributed by atoms with E-state index in [0.717, 1.165) is 16.6 Å². The maximum absolute atomic E-state index is 12.0. The van der Waals surface area contributed by atoms with Gasteiger partial charge in [0.2, 0.25) is 0 Å². The minimum Gasteiger partial charge on any atom is -0.360 e. The Morgan fingerprint density at radius 3 is 2.89 bits per heavy atom. The standard InChI is InChI=1S/C14H12N4O/c19-14(18-17-8-10-4-3-7-15-10)12-9-16-13-6-2-1-5-11(12)13/h1-9,15-16H,(H,18,19)/b17-8-. The Labute approximate surface area is 109 Å². The van der Waals surface area contributed by atoms with Gasteiger partial charge in [0.1, 0.15) is 0 Å². The molecule has 0 atom stereocenters. The predicted octanol–water partition coefficient (Wildman–Crippen LogP) is 2.26. The van der Waals surface area contributed by atoms with E-state index in [9.17, 15) is 4.79 Å². The Bertz CT molecular complexity index is 725. The van der Waals surface area contributed by atoms with Crippen molar-refractivity contribution >= 4 is 23.0 Å². The molecule has 0 bridgehead atoms. The normalized spacial score (nSPS) is 11.2. The van der Waals surface area contributed by atoms with Crippen molar-refractivity contribution in [2.75, 3.05) is 0 Å². The number of carbonyl (C=O) groups is 1. The number of para-hydroxylation sites is 1. The zero-order valence-corrected chi connectivity index (χ0v) is 10.1. The average Bonchev–Trinajstić information content (AvgIpc) is 3.07. The third-order valence-corrected chi connectivity index (χ3v) is 2.83. The maximum Gasteiger partial charge on any atom is 0.273 e. The van der Waals surface area contributed by atoms with E-state index in [0.29, 0.717) is 5.56 Å². The van der Waals surface area contributed by atoms with Gasteiger partial charge in [-0.25, -0.2) is 5.43 Å². The van der Waals surface area contributed by atoms with E-state index >= 15 is 0 Å². The average molecular weight is 252 g/mol. The van der Waals surface area contributed by atoms with E-state index in [4.69, 9.17) is 0 Å². The van der Waals surface area contributed by atoms with Crippen LogP contribution in [-0.4, -0.2) is 22.1 Å². The molecule has 0 unspecified atom stereocenters. The molecule has 2 aromatic heterocycles. The number of nitrogens with zero attached hydrogens (tertiary/aromatic N) is 1. The zero-order valence-electron chi connectivity index (χ0n) is 10.1. The van der Waals surface area contributed by atoms with Crippen molar-refractivity contribution in [3.63, 3.8) is 0 Å². The molecule has 3 N–H and O–H groups in total. The van der Waals surface area contributed by atoms with Gasteiger partial charge in [-0.2, -0.15) is 5.10 Å². The van der Waals surface area contributed by atoms with Crippen LogP contribution in [-0.2, 0) is 0 Å². The van der Waals surface area contributed by atoms with Gasteiger partial charge >= 0.3 is 0 Å². The number of aromatic amines is 2. The Hall–Kier alpha value is -2.82. The lowest BCUT2D eigenvalue weighted by molar-refractivity contribution is 0.0957. The van der Waals surface area contributed by atoms with Crippen molar-refractivity contribution in [1.29, 1.82) is 0 Å².